The van der Waals surface area contributed by atoms with Crippen molar-refractivity contribution in [1.29, 1.82) is 0 Å². The highest BCUT2D eigenvalue weighted by Crippen LogP contribution is 2.42. The van der Waals surface area contributed by atoms with Crippen LogP contribution in [0.2, 0.25) is 0 Å². The predicted octanol–water partition coefficient (Wildman–Crippen LogP) is 6.02. The molecule has 0 bridgehead atoms. The number of esters is 1. The number of halogens is 7. The van der Waals surface area contributed by atoms with Gasteiger partial charge < -0.3 is 19.5 Å². The van der Waals surface area contributed by atoms with Crippen LogP contribution in [0.1, 0.15) is 47.6 Å². The molecule has 13 heteroatoms. The molecule has 2 aromatic rings. The molecule has 0 aromatic heterocycles. The predicted molar refractivity (Wildman–Crippen MR) is 114 cm³/mol. The summed E-state index contributed by atoms with van der Waals surface area (Å²) in [6.45, 7) is 0.880. The van der Waals surface area contributed by atoms with Gasteiger partial charge in [-0.1, -0.05) is 12.1 Å². The summed E-state index contributed by atoms with van der Waals surface area (Å²) in [5.74, 6) is -2.27. The Bertz CT molecular complexity index is 1100. The molecule has 1 heterocycles. The summed E-state index contributed by atoms with van der Waals surface area (Å²) in [4.78, 5) is 24.8. The Morgan fingerprint density at radius 3 is 2.03 bits per heavy atom. The Hall–Kier alpha value is -3.35. The molecular formula is C24H22F7NO5. The molecule has 1 saturated heterocycles. The number of carbonyl (C=O) groups is 2. The molecule has 0 aliphatic carbocycles. The van der Waals surface area contributed by atoms with E-state index in [4.69, 9.17) is 4.74 Å². The largest absolute Gasteiger partial charge is 0.469 e. The first-order valence-electron chi connectivity index (χ1n) is 10.9. The van der Waals surface area contributed by atoms with E-state index in [1.165, 1.54) is 19.1 Å². The zero-order chi connectivity index (χ0) is 27.7. The second-order valence-corrected chi connectivity index (χ2v) is 8.52. The van der Waals surface area contributed by atoms with E-state index < -0.39 is 77.5 Å². The van der Waals surface area contributed by atoms with E-state index in [0.29, 0.717) is 17.7 Å². The normalized spacial score (nSPS) is 21.1. The topological polar surface area (TPSA) is 76.1 Å². The number of hydrogen-bond donors (Lipinski definition) is 1. The van der Waals surface area contributed by atoms with Crippen molar-refractivity contribution in [2.24, 2.45) is 0 Å². The van der Waals surface area contributed by atoms with E-state index >= 15 is 0 Å². The molecule has 37 heavy (non-hydrogen) atoms. The zero-order valence-electron chi connectivity index (χ0n) is 19.4. The van der Waals surface area contributed by atoms with Crippen LogP contribution < -0.4 is 0 Å². The monoisotopic (exact) mass is 537 g/mol. The van der Waals surface area contributed by atoms with Crippen molar-refractivity contribution in [2.75, 3.05) is 13.7 Å². The van der Waals surface area contributed by atoms with Gasteiger partial charge in [0.15, 0.2) is 0 Å². The van der Waals surface area contributed by atoms with E-state index in [1.54, 1.807) is 0 Å². The molecule has 0 unspecified atom stereocenters. The van der Waals surface area contributed by atoms with Gasteiger partial charge in [-0.2, -0.15) is 26.3 Å². The zero-order valence-corrected chi connectivity index (χ0v) is 19.4. The van der Waals surface area contributed by atoms with Crippen LogP contribution in [0.15, 0.2) is 42.5 Å². The van der Waals surface area contributed by atoms with Gasteiger partial charge in [0.1, 0.15) is 5.82 Å². The second-order valence-electron chi connectivity index (χ2n) is 8.52. The molecule has 1 aliphatic heterocycles. The summed E-state index contributed by atoms with van der Waals surface area (Å²) in [7, 11) is 1.09. The fraction of sp³-hybridized carbons (Fsp3) is 0.417. The molecule has 6 nitrogen and oxygen atoms in total. The summed E-state index contributed by atoms with van der Waals surface area (Å²) >= 11 is 0. The third-order valence-corrected chi connectivity index (χ3v) is 6.15. The molecule has 2 aromatic carbocycles. The second kappa shape index (κ2) is 10.6. The lowest BCUT2D eigenvalue weighted by Gasteiger charge is -2.28. The van der Waals surface area contributed by atoms with E-state index in [9.17, 15) is 45.4 Å². The van der Waals surface area contributed by atoms with Crippen LogP contribution in [0, 0.1) is 5.82 Å². The summed E-state index contributed by atoms with van der Waals surface area (Å²) < 4.78 is 104. The smallest absolute Gasteiger partial charge is 0.416 e. The third kappa shape index (κ3) is 6.51. The van der Waals surface area contributed by atoms with Crippen molar-refractivity contribution in [3.63, 3.8) is 0 Å². The lowest BCUT2D eigenvalue weighted by molar-refractivity contribution is -0.143. The van der Waals surface area contributed by atoms with Crippen molar-refractivity contribution in [2.45, 2.75) is 49.9 Å². The Balaban J connectivity index is 2.03. The van der Waals surface area contributed by atoms with Gasteiger partial charge in [-0.25, -0.2) is 9.18 Å². The first kappa shape index (κ1) is 28.2. The summed E-state index contributed by atoms with van der Waals surface area (Å²) in [5.41, 5.74) is -3.12. The van der Waals surface area contributed by atoms with Gasteiger partial charge in [0.25, 0.3) is 0 Å². The van der Waals surface area contributed by atoms with Crippen molar-refractivity contribution in [3.8, 4) is 0 Å². The van der Waals surface area contributed by atoms with Gasteiger partial charge in [-0.05, 0) is 48.4 Å². The third-order valence-electron chi connectivity index (χ3n) is 6.15. The number of likely N-dealkylation sites (tertiary alicyclic amines) is 1. The molecule has 0 saturated carbocycles. The Morgan fingerprint density at radius 1 is 1.03 bits per heavy atom. The van der Waals surface area contributed by atoms with Crippen molar-refractivity contribution in [3.05, 3.63) is 70.5 Å². The Labute approximate surface area is 206 Å². The van der Waals surface area contributed by atoms with Gasteiger partial charge in [0.05, 0.1) is 49.5 Å². The number of amides is 1. The Morgan fingerprint density at radius 2 is 1.57 bits per heavy atom. The molecule has 1 amide bonds. The van der Waals surface area contributed by atoms with Crippen LogP contribution in [-0.4, -0.2) is 47.9 Å². The number of rotatable bonds is 6. The van der Waals surface area contributed by atoms with Crippen LogP contribution in [0.3, 0.4) is 0 Å². The number of methoxy groups -OCH3 is 1. The quantitative estimate of drug-likeness (QED) is 0.361. The molecule has 0 radical (unpaired) electrons. The maximum atomic E-state index is 13.5. The molecule has 202 valence electrons. The van der Waals surface area contributed by atoms with E-state index in [-0.39, 0.29) is 12.6 Å². The molecule has 4 atom stereocenters. The highest BCUT2D eigenvalue weighted by atomic mass is 19.4. The van der Waals surface area contributed by atoms with Crippen LogP contribution in [0.25, 0.3) is 0 Å². The summed E-state index contributed by atoms with van der Waals surface area (Å²) in [6.07, 6.45) is -14.4. The number of hydrogen-bond acceptors (Lipinski definition) is 4. The fourth-order valence-corrected chi connectivity index (χ4v) is 4.40. The minimum Gasteiger partial charge on any atom is -0.469 e. The minimum atomic E-state index is -5.06. The molecule has 0 spiro atoms. The lowest BCUT2D eigenvalue weighted by Crippen LogP contribution is -2.38. The number of carboxylic acid groups (broad SMARTS) is 1. The van der Waals surface area contributed by atoms with Gasteiger partial charge >= 0.3 is 24.4 Å². The highest BCUT2D eigenvalue weighted by molar-refractivity contribution is 5.73. The Kier molecular flexibility index (Phi) is 8.06. The molecule has 3 rings (SSSR count). The SMILES string of the molecule is COC(=O)C[C@H]1[C@H](c2ccc(F)cc2)[C@@H](O[C@H](C)c2cc(C(F)(F)F)cc(C(F)(F)F)c2)CN1C(=O)O. The van der Waals surface area contributed by atoms with E-state index in [2.05, 4.69) is 4.74 Å². The molecule has 1 aliphatic rings. The van der Waals surface area contributed by atoms with Crippen LogP contribution in [-0.2, 0) is 26.6 Å². The highest BCUT2D eigenvalue weighted by Gasteiger charge is 2.47. The summed E-state index contributed by atoms with van der Waals surface area (Å²) in [5, 5.41) is 9.71. The van der Waals surface area contributed by atoms with Gasteiger partial charge in [0, 0.05) is 5.92 Å². The lowest BCUT2D eigenvalue weighted by atomic mass is 9.88. The maximum Gasteiger partial charge on any atom is 0.416 e. The van der Waals surface area contributed by atoms with Gasteiger partial charge in [-0.15, -0.1) is 0 Å². The number of alkyl halides is 6. The minimum absolute atomic E-state index is 0.00827. The van der Waals surface area contributed by atoms with Crippen LogP contribution >= 0.6 is 0 Å². The average molecular weight is 537 g/mol. The molecule has 1 N–H and O–H groups in total. The average Bonchev–Trinajstić information content (AvgIpc) is 3.15. The fourth-order valence-electron chi connectivity index (χ4n) is 4.40. The van der Waals surface area contributed by atoms with Crippen molar-refractivity contribution >= 4 is 12.1 Å². The van der Waals surface area contributed by atoms with E-state index in [0.717, 1.165) is 24.1 Å². The molecular weight excluding hydrogens is 515 g/mol. The number of carbonyl (C=O) groups excluding carboxylic acids is 1. The van der Waals surface area contributed by atoms with Crippen LogP contribution in [0.5, 0.6) is 0 Å². The van der Waals surface area contributed by atoms with Gasteiger partial charge in [0.2, 0.25) is 0 Å². The maximum absolute atomic E-state index is 13.5. The van der Waals surface area contributed by atoms with Crippen LogP contribution in [0.4, 0.5) is 35.5 Å². The number of ether oxygens (including phenoxy) is 2. The van der Waals surface area contributed by atoms with Crippen molar-refractivity contribution in [1.82, 2.24) is 4.90 Å². The molecule has 1 fully saturated rings. The van der Waals surface area contributed by atoms with E-state index in [1.807, 2.05) is 0 Å². The number of benzene rings is 2. The summed E-state index contributed by atoms with van der Waals surface area (Å²) in [6, 6.07) is 4.86. The van der Waals surface area contributed by atoms with Gasteiger partial charge in [-0.3, -0.25) is 4.79 Å². The first-order valence-corrected chi connectivity index (χ1v) is 10.9. The standard InChI is InChI=1S/C24H22F7NO5/c1-12(14-7-15(23(26,27)28)9-16(8-14)24(29,30)31)37-19-11-32(22(34)35)18(10-20(33)36-2)21(19)13-3-5-17(25)6-4-13/h3-9,12,18-19,21H,10-11H2,1-2H3,(H,34,35)/t12-,18+,19+,21+/m1/s1. The first-order chi connectivity index (χ1) is 17.1. The van der Waals surface area contributed by atoms with Crippen molar-refractivity contribution < 1.29 is 54.9 Å². The number of nitrogens with zero attached hydrogens (tertiary/aromatic N) is 1.